The molecule has 212 valence electrons. The van der Waals surface area contributed by atoms with Gasteiger partial charge in [-0.1, -0.05) is 6.07 Å². The first-order valence-electron chi connectivity index (χ1n) is 13.1. The number of furan rings is 1. The molecule has 2 amide bonds. The van der Waals surface area contributed by atoms with Gasteiger partial charge in [-0.15, -0.1) is 10.2 Å². The standard InChI is InChI=1S/C30H30FN5O5/c1-39-26-10-8-21(18-27(26)40-2)25-9-11-28(33-32-25)34-12-14-35(15-13-34)29(37)20-36(19-24-7-4-16-41-24)30(38)22-5-3-6-23(31)17-22/h3-11,16-18H,12-15,19-20H2,1-2H3. The van der Waals surface area contributed by atoms with Gasteiger partial charge < -0.3 is 28.6 Å². The monoisotopic (exact) mass is 559 g/mol. The van der Waals surface area contributed by atoms with E-state index in [1.165, 1.54) is 29.4 Å². The molecule has 2 aromatic carbocycles. The molecule has 11 heteroatoms. The third kappa shape index (κ3) is 6.46. The number of piperazine rings is 1. The smallest absolute Gasteiger partial charge is 0.254 e. The average molecular weight is 560 g/mol. The zero-order valence-corrected chi connectivity index (χ0v) is 22.8. The molecular formula is C30H30FN5O5. The fraction of sp³-hybridized carbons (Fsp3) is 0.267. The zero-order valence-electron chi connectivity index (χ0n) is 22.8. The Morgan fingerprint density at radius 3 is 2.39 bits per heavy atom. The molecule has 0 aliphatic carbocycles. The number of hydrogen-bond donors (Lipinski definition) is 0. The van der Waals surface area contributed by atoms with Crippen LogP contribution in [-0.2, 0) is 11.3 Å². The number of rotatable bonds is 9. The molecule has 2 aromatic heterocycles. The minimum absolute atomic E-state index is 0.0933. The van der Waals surface area contributed by atoms with E-state index in [1.54, 1.807) is 31.3 Å². The predicted octanol–water partition coefficient (Wildman–Crippen LogP) is 3.88. The van der Waals surface area contributed by atoms with E-state index < -0.39 is 11.7 Å². The van der Waals surface area contributed by atoms with E-state index in [4.69, 9.17) is 13.9 Å². The number of anilines is 1. The number of halogens is 1. The van der Waals surface area contributed by atoms with Gasteiger partial charge in [0.2, 0.25) is 5.91 Å². The highest BCUT2D eigenvalue weighted by Crippen LogP contribution is 2.31. The summed E-state index contributed by atoms with van der Waals surface area (Å²) in [6, 6.07) is 18.2. The zero-order chi connectivity index (χ0) is 28.8. The van der Waals surface area contributed by atoms with Crippen LogP contribution < -0.4 is 14.4 Å². The highest BCUT2D eigenvalue weighted by Gasteiger charge is 2.27. The summed E-state index contributed by atoms with van der Waals surface area (Å²) in [5, 5.41) is 8.80. The Balaban J connectivity index is 1.21. The average Bonchev–Trinajstić information content (AvgIpc) is 3.53. The van der Waals surface area contributed by atoms with Crippen molar-refractivity contribution >= 4 is 17.6 Å². The number of carbonyl (C=O) groups is 2. The molecule has 0 spiro atoms. The molecule has 1 aliphatic rings. The molecule has 41 heavy (non-hydrogen) atoms. The van der Waals surface area contributed by atoms with E-state index in [1.807, 2.05) is 30.3 Å². The third-order valence-electron chi connectivity index (χ3n) is 6.90. The van der Waals surface area contributed by atoms with Gasteiger partial charge in [-0.2, -0.15) is 0 Å². The lowest BCUT2D eigenvalue weighted by Gasteiger charge is -2.36. The Labute approximate surface area is 236 Å². The van der Waals surface area contributed by atoms with Crippen molar-refractivity contribution in [1.29, 1.82) is 0 Å². The minimum Gasteiger partial charge on any atom is -0.493 e. The van der Waals surface area contributed by atoms with Crippen molar-refractivity contribution in [2.45, 2.75) is 6.54 Å². The van der Waals surface area contributed by atoms with Gasteiger partial charge in [-0.3, -0.25) is 9.59 Å². The second-order valence-corrected chi connectivity index (χ2v) is 9.47. The van der Waals surface area contributed by atoms with Crippen molar-refractivity contribution in [3.8, 4) is 22.8 Å². The van der Waals surface area contributed by atoms with Crippen LogP contribution in [0, 0.1) is 5.82 Å². The van der Waals surface area contributed by atoms with Crippen LogP contribution in [0.2, 0.25) is 0 Å². The number of nitrogens with zero attached hydrogens (tertiary/aromatic N) is 5. The number of aromatic nitrogens is 2. The fourth-order valence-corrected chi connectivity index (χ4v) is 4.69. The minimum atomic E-state index is -0.517. The SMILES string of the molecule is COc1ccc(-c2ccc(N3CCN(C(=O)CN(Cc4ccco4)C(=O)c4cccc(F)c4)CC3)nn2)cc1OC. The normalized spacial score (nSPS) is 13.1. The van der Waals surface area contributed by atoms with Gasteiger partial charge in [0, 0.05) is 37.3 Å². The fourth-order valence-electron chi connectivity index (χ4n) is 4.69. The molecule has 0 unspecified atom stereocenters. The number of amides is 2. The van der Waals surface area contributed by atoms with Gasteiger partial charge in [0.05, 0.1) is 32.7 Å². The summed E-state index contributed by atoms with van der Waals surface area (Å²) in [7, 11) is 3.17. The lowest BCUT2D eigenvalue weighted by atomic mass is 10.1. The maximum absolute atomic E-state index is 13.8. The van der Waals surface area contributed by atoms with E-state index >= 15 is 0 Å². The molecule has 0 bridgehead atoms. The molecular weight excluding hydrogens is 529 g/mol. The molecule has 1 fully saturated rings. The van der Waals surface area contributed by atoms with Gasteiger partial charge in [-0.25, -0.2) is 4.39 Å². The number of benzene rings is 2. The molecule has 3 heterocycles. The quantitative estimate of drug-likeness (QED) is 0.305. The van der Waals surface area contributed by atoms with Crippen molar-refractivity contribution in [2.24, 2.45) is 0 Å². The summed E-state index contributed by atoms with van der Waals surface area (Å²) in [5.41, 5.74) is 1.72. The number of carbonyl (C=O) groups excluding carboxylic acids is 2. The Morgan fingerprint density at radius 1 is 0.927 bits per heavy atom. The molecule has 0 N–H and O–H groups in total. The third-order valence-corrected chi connectivity index (χ3v) is 6.90. The molecule has 0 saturated carbocycles. The molecule has 0 radical (unpaired) electrons. The van der Waals surface area contributed by atoms with Crippen LogP contribution >= 0.6 is 0 Å². The van der Waals surface area contributed by atoms with Gasteiger partial charge in [-0.05, 0) is 60.7 Å². The summed E-state index contributed by atoms with van der Waals surface area (Å²) in [6.07, 6.45) is 1.50. The molecule has 0 atom stereocenters. The number of hydrogen-bond acceptors (Lipinski definition) is 8. The van der Waals surface area contributed by atoms with E-state index in [2.05, 4.69) is 15.1 Å². The van der Waals surface area contributed by atoms with Crippen molar-refractivity contribution in [2.75, 3.05) is 51.8 Å². The Kier molecular flexibility index (Phi) is 8.42. The molecule has 10 nitrogen and oxygen atoms in total. The summed E-state index contributed by atoms with van der Waals surface area (Å²) in [4.78, 5) is 31.6. The van der Waals surface area contributed by atoms with Gasteiger partial charge >= 0.3 is 0 Å². The Morgan fingerprint density at radius 2 is 1.73 bits per heavy atom. The molecule has 1 saturated heterocycles. The van der Waals surface area contributed by atoms with Gasteiger partial charge in [0.1, 0.15) is 18.1 Å². The molecule has 5 rings (SSSR count). The first kappa shape index (κ1) is 27.6. The van der Waals surface area contributed by atoms with Crippen molar-refractivity contribution in [3.63, 3.8) is 0 Å². The van der Waals surface area contributed by atoms with Crippen LogP contribution in [0.1, 0.15) is 16.1 Å². The number of methoxy groups -OCH3 is 2. The van der Waals surface area contributed by atoms with Crippen molar-refractivity contribution < 1.29 is 27.9 Å². The summed E-state index contributed by atoms with van der Waals surface area (Å²) in [5.74, 6) is 1.32. The first-order chi connectivity index (χ1) is 19.9. The lowest BCUT2D eigenvalue weighted by molar-refractivity contribution is -0.132. The van der Waals surface area contributed by atoms with Gasteiger partial charge in [0.15, 0.2) is 17.3 Å². The molecule has 1 aliphatic heterocycles. The van der Waals surface area contributed by atoms with Crippen LogP contribution in [0.25, 0.3) is 11.3 Å². The maximum atomic E-state index is 13.8. The summed E-state index contributed by atoms with van der Waals surface area (Å²) < 4.78 is 29.9. The van der Waals surface area contributed by atoms with Crippen LogP contribution in [0.4, 0.5) is 10.2 Å². The number of ether oxygens (including phenoxy) is 2. The largest absolute Gasteiger partial charge is 0.493 e. The lowest BCUT2D eigenvalue weighted by Crippen LogP contribution is -2.52. The highest BCUT2D eigenvalue weighted by molar-refractivity contribution is 5.96. The predicted molar refractivity (Wildman–Crippen MR) is 149 cm³/mol. The molecule has 4 aromatic rings. The van der Waals surface area contributed by atoms with E-state index in [9.17, 15) is 14.0 Å². The van der Waals surface area contributed by atoms with Crippen LogP contribution in [0.3, 0.4) is 0 Å². The van der Waals surface area contributed by atoms with Crippen LogP contribution in [0.15, 0.2) is 77.4 Å². The Bertz CT molecular complexity index is 1490. The second-order valence-electron chi connectivity index (χ2n) is 9.47. The van der Waals surface area contributed by atoms with Crippen molar-refractivity contribution in [3.05, 3.63) is 90.1 Å². The van der Waals surface area contributed by atoms with Crippen LogP contribution in [-0.4, -0.2) is 78.8 Å². The van der Waals surface area contributed by atoms with E-state index in [-0.39, 0.29) is 24.6 Å². The summed E-state index contributed by atoms with van der Waals surface area (Å²) >= 11 is 0. The Hall–Kier alpha value is -4.93. The topological polar surface area (TPSA) is 101 Å². The highest BCUT2D eigenvalue weighted by atomic mass is 19.1. The maximum Gasteiger partial charge on any atom is 0.254 e. The van der Waals surface area contributed by atoms with E-state index in [0.29, 0.717) is 55.0 Å². The van der Waals surface area contributed by atoms with Crippen LogP contribution in [0.5, 0.6) is 11.5 Å². The van der Waals surface area contributed by atoms with E-state index in [0.717, 1.165) is 11.6 Å². The van der Waals surface area contributed by atoms with Crippen molar-refractivity contribution in [1.82, 2.24) is 20.0 Å². The summed E-state index contributed by atoms with van der Waals surface area (Å²) in [6.45, 7) is 1.98. The first-order valence-corrected chi connectivity index (χ1v) is 13.1. The second kappa shape index (κ2) is 12.5. The van der Waals surface area contributed by atoms with Gasteiger partial charge in [0.25, 0.3) is 5.91 Å².